The van der Waals surface area contributed by atoms with Crippen LogP contribution in [-0.4, -0.2) is 18.2 Å². The van der Waals surface area contributed by atoms with E-state index in [-0.39, 0.29) is 0 Å². The van der Waals surface area contributed by atoms with E-state index in [2.05, 4.69) is 26.6 Å². The summed E-state index contributed by atoms with van der Waals surface area (Å²) in [6.45, 7) is 1.47. The number of methoxy groups -OCH3 is 1. The standard InChI is InChI=1S/C11H13BrN2O/c1-15-9-6-8-2-4-14(5-3-13)11(8)10(12)7-9/h2,4,6-7H,3,5,13H2,1H3. The van der Waals surface area contributed by atoms with Crippen LogP contribution in [0.25, 0.3) is 10.9 Å². The van der Waals surface area contributed by atoms with Crippen molar-refractivity contribution in [3.8, 4) is 5.75 Å². The summed E-state index contributed by atoms with van der Waals surface area (Å²) in [6, 6.07) is 6.06. The lowest BCUT2D eigenvalue weighted by atomic mass is 10.2. The summed E-state index contributed by atoms with van der Waals surface area (Å²) in [7, 11) is 1.67. The van der Waals surface area contributed by atoms with E-state index in [0.717, 1.165) is 22.2 Å². The van der Waals surface area contributed by atoms with Crippen molar-refractivity contribution < 1.29 is 4.74 Å². The largest absolute Gasteiger partial charge is 0.497 e. The lowest BCUT2D eigenvalue weighted by Gasteiger charge is -2.06. The Bertz CT molecular complexity index is 479. The van der Waals surface area contributed by atoms with Crippen molar-refractivity contribution in [3.63, 3.8) is 0 Å². The van der Waals surface area contributed by atoms with Gasteiger partial charge in [0.1, 0.15) is 5.75 Å². The topological polar surface area (TPSA) is 40.2 Å². The van der Waals surface area contributed by atoms with Crippen molar-refractivity contribution in [3.05, 3.63) is 28.9 Å². The van der Waals surface area contributed by atoms with Crippen molar-refractivity contribution >= 4 is 26.8 Å². The van der Waals surface area contributed by atoms with Gasteiger partial charge in [0.15, 0.2) is 0 Å². The molecule has 0 fully saturated rings. The van der Waals surface area contributed by atoms with E-state index in [0.29, 0.717) is 6.54 Å². The molecule has 0 unspecified atom stereocenters. The lowest BCUT2D eigenvalue weighted by molar-refractivity contribution is 0.415. The molecule has 1 heterocycles. The minimum absolute atomic E-state index is 0.641. The van der Waals surface area contributed by atoms with Crippen LogP contribution in [0.1, 0.15) is 0 Å². The van der Waals surface area contributed by atoms with Crippen LogP contribution in [0, 0.1) is 0 Å². The maximum absolute atomic E-state index is 5.56. The molecule has 2 N–H and O–H groups in total. The number of benzene rings is 1. The smallest absolute Gasteiger partial charge is 0.120 e. The molecule has 0 saturated heterocycles. The molecule has 2 rings (SSSR count). The minimum Gasteiger partial charge on any atom is -0.497 e. The molecule has 3 nitrogen and oxygen atoms in total. The Morgan fingerprint density at radius 3 is 2.93 bits per heavy atom. The van der Waals surface area contributed by atoms with Gasteiger partial charge in [-0.05, 0) is 34.1 Å². The molecule has 0 aliphatic heterocycles. The molecule has 15 heavy (non-hydrogen) atoms. The summed E-state index contributed by atoms with van der Waals surface area (Å²) >= 11 is 3.55. The first kappa shape index (κ1) is 10.5. The van der Waals surface area contributed by atoms with Crippen LogP contribution in [0.5, 0.6) is 5.75 Å². The molecule has 0 radical (unpaired) electrons. The van der Waals surface area contributed by atoms with Crippen LogP contribution in [0.3, 0.4) is 0 Å². The predicted octanol–water partition coefficient (Wildman–Crippen LogP) is 2.37. The highest BCUT2D eigenvalue weighted by molar-refractivity contribution is 9.10. The van der Waals surface area contributed by atoms with Gasteiger partial charge in [0, 0.05) is 29.1 Å². The Balaban J connectivity index is 2.60. The van der Waals surface area contributed by atoms with E-state index in [1.165, 1.54) is 5.52 Å². The first-order chi connectivity index (χ1) is 7.26. The van der Waals surface area contributed by atoms with Crippen molar-refractivity contribution in [1.82, 2.24) is 4.57 Å². The number of nitrogens with two attached hydrogens (primary N) is 1. The molecule has 2 aromatic rings. The van der Waals surface area contributed by atoms with Crippen LogP contribution < -0.4 is 10.5 Å². The highest BCUT2D eigenvalue weighted by atomic mass is 79.9. The molecular weight excluding hydrogens is 256 g/mol. The maximum Gasteiger partial charge on any atom is 0.120 e. The highest BCUT2D eigenvalue weighted by Gasteiger charge is 2.06. The van der Waals surface area contributed by atoms with Gasteiger partial charge in [0.25, 0.3) is 0 Å². The van der Waals surface area contributed by atoms with Gasteiger partial charge in [-0.3, -0.25) is 0 Å². The first-order valence-electron chi connectivity index (χ1n) is 4.78. The summed E-state index contributed by atoms with van der Waals surface area (Å²) < 4.78 is 8.38. The number of rotatable bonds is 3. The van der Waals surface area contributed by atoms with E-state index in [9.17, 15) is 0 Å². The number of hydrogen-bond acceptors (Lipinski definition) is 2. The second kappa shape index (κ2) is 4.24. The van der Waals surface area contributed by atoms with Gasteiger partial charge in [-0.15, -0.1) is 0 Å². The van der Waals surface area contributed by atoms with Crippen LogP contribution in [0.2, 0.25) is 0 Å². The summed E-state index contributed by atoms with van der Waals surface area (Å²) in [5, 5.41) is 1.16. The number of fused-ring (bicyclic) bond motifs is 1. The van der Waals surface area contributed by atoms with Gasteiger partial charge in [-0.25, -0.2) is 0 Å². The van der Waals surface area contributed by atoms with E-state index >= 15 is 0 Å². The third kappa shape index (κ3) is 1.87. The van der Waals surface area contributed by atoms with Crippen molar-refractivity contribution in [2.75, 3.05) is 13.7 Å². The predicted molar refractivity (Wildman–Crippen MR) is 65.2 cm³/mol. The fraction of sp³-hybridized carbons (Fsp3) is 0.273. The molecule has 80 valence electrons. The highest BCUT2D eigenvalue weighted by Crippen LogP contribution is 2.30. The van der Waals surface area contributed by atoms with Crippen LogP contribution >= 0.6 is 15.9 Å². The summed E-state index contributed by atoms with van der Waals surface area (Å²) in [6.07, 6.45) is 2.04. The minimum atomic E-state index is 0.641. The third-order valence-electron chi connectivity index (χ3n) is 2.39. The average molecular weight is 269 g/mol. The van der Waals surface area contributed by atoms with Gasteiger partial charge in [-0.2, -0.15) is 0 Å². The van der Waals surface area contributed by atoms with Crippen molar-refractivity contribution in [2.45, 2.75) is 6.54 Å². The van der Waals surface area contributed by atoms with E-state index in [4.69, 9.17) is 10.5 Å². The molecule has 0 bridgehead atoms. The Morgan fingerprint density at radius 1 is 1.47 bits per heavy atom. The number of halogens is 1. The molecule has 0 aliphatic carbocycles. The SMILES string of the molecule is COc1cc(Br)c2c(ccn2CCN)c1. The molecule has 1 aromatic carbocycles. The van der Waals surface area contributed by atoms with Gasteiger partial charge >= 0.3 is 0 Å². The van der Waals surface area contributed by atoms with Gasteiger partial charge in [0.2, 0.25) is 0 Å². The van der Waals surface area contributed by atoms with Gasteiger partial charge in [0.05, 0.1) is 12.6 Å². The Labute approximate surface area is 96.9 Å². The van der Waals surface area contributed by atoms with Gasteiger partial charge in [-0.1, -0.05) is 0 Å². The van der Waals surface area contributed by atoms with Crippen LogP contribution in [-0.2, 0) is 6.54 Å². The zero-order valence-electron chi connectivity index (χ0n) is 8.53. The summed E-state index contributed by atoms with van der Waals surface area (Å²) in [5.41, 5.74) is 6.72. The lowest BCUT2D eigenvalue weighted by Crippen LogP contribution is -2.08. The molecule has 0 saturated carbocycles. The van der Waals surface area contributed by atoms with Crippen molar-refractivity contribution in [1.29, 1.82) is 0 Å². The molecule has 4 heteroatoms. The van der Waals surface area contributed by atoms with E-state index in [1.807, 2.05) is 18.3 Å². The quantitative estimate of drug-likeness (QED) is 0.929. The van der Waals surface area contributed by atoms with Crippen molar-refractivity contribution in [2.24, 2.45) is 5.73 Å². The Hall–Kier alpha value is -1.00. The molecule has 0 spiro atoms. The van der Waals surface area contributed by atoms with Crippen LogP contribution in [0.4, 0.5) is 0 Å². The summed E-state index contributed by atoms with van der Waals surface area (Å²) in [5.74, 6) is 0.861. The monoisotopic (exact) mass is 268 g/mol. The second-order valence-corrected chi connectivity index (χ2v) is 4.20. The van der Waals surface area contributed by atoms with Crippen LogP contribution in [0.15, 0.2) is 28.9 Å². The first-order valence-corrected chi connectivity index (χ1v) is 5.58. The molecule has 0 atom stereocenters. The summed E-state index contributed by atoms with van der Waals surface area (Å²) in [4.78, 5) is 0. The maximum atomic E-state index is 5.56. The van der Waals surface area contributed by atoms with E-state index in [1.54, 1.807) is 7.11 Å². The zero-order valence-corrected chi connectivity index (χ0v) is 10.1. The Kier molecular flexibility index (Phi) is 2.98. The molecule has 1 aromatic heterocycles. The number of nitrogens with zero attached hydrogens (tertiary/aromatic N) is 1. The molecular formula is C11H13BrN2O. The number of aromatic nitrogens is 1. The molecule has 0 amide bonds. The zero-order chi connectivity index (χ0) is 10.8. The van der Waals surface area contributed by atoms with Gasteiger partial charge < -0.3 is 15.0 Å². The number of ether oxygens (including phenoxy) is 1. The molecule has 0 aliphatic rings. The normalized spacial score (nSPS) is 10.9. The average Bonchev–Trinajstić information content (AvgIpc) is 2.62. The fourth-order valence-corrected chi connectivity index (χ4v) is 2.39. The third-order valence-corrected chi connectivity index (χ3v) is 3.00. The Morgan fingerprint density at radius 2 is 2.27 bits per heavy atom. The second-order valence-electron chi connectivity index (χ2n) is 3.34. The fourth-order valence-electron chi connectivity index (χ4n) is 1.71. The van der Waals surface area contributed by atoms with E-state index < -0.39 is 0 Å². The number of hydrogen-bond donors (Lipinski definition) is 1.